The van der Waals surface area contributed by atoms with Crippen LogP contribution in [0.4, 0.5) is 11.8 Å². The summed E-state index contributed by atoms with van der Waals surface area (Å²) in [6.07, 6.45) is 6.22. The number of hydrogen-bond donors (Lipinski definition) is 3. The van der Waals surface area contributed by atoms with E-state index in [1.165, 1.54) is 18.5 Å². The Labute approximate surface area is 104 Å². The van der Waals surface area contributed by atoms with Crippen LogP contribution in [0.1, 0.15) is 24.2 Å². The van der Waals surface area contributed by atoms with Crippen molar-refractivity contribution in [3.05, 3.63) is 23.8 Å². The van der Waals surface area contributed by atoms with Crippen LogP contribution in [0.5, 0.6) is 0 Å². The third-order valence-corrected chi connectivity index (χ3v) is 3.15. The summed E-state index contributed by atoms with van der Waals surface area (Å²) in [6.45, 7) is 0. The maximum atomic E-state index is 5.67. The highest BCUT2D eigenvalue weighted by atomic mass is 15.3. The fourth-order valence-electron chi connectivity index (χ4n) is 2.32. The molecule has 2 aromatic rings. The molecule has 0 amide bonds. The summed E-state index contributed by atoms with van der Waals surface area (Å²) in [4.78, 5) is 12.6. The number of nitrogen functional groups attached to an aromatic ring is 2. The van der Waals surface area contributed by atoms with Crippen LogP contribution < -0.4 is 17.0 Å². The van der Waals surface area contributed by atoms with Crippen molar-refractivity contribution in [2.75, 3.05) is 11.2 Å². The van der Waals surface area contributed by atoms with Crippen molar-refractivity contribution in [2.45, 2.75) is 25.7 Å². The molecule has 7 nitrogen and oxygen atoms in total. The van der Waals surface area contributed by atoms with Crippen LogP contribution in [0.2, 0.25) is 0 Å². The second kappa shape index (κ2) is 4.26. The highest BCUT2D eigenvalue weighted by Crippen LogP contribution is 2.23. The third-order valence-electron chi connectivity index (χ3n) is 3.15. The first-order chi connectivity index (χ1) is 8.78. The Morgan fingerprint density at radius 1 is 1.22 bits per heavy atom. The molecule has 1 aliphatic carbocycles. The first-order valence-electron chi connectivity index (χ1n) is 5.94. The highest BCUT2D eigenvalue weighted by Gasteiger charge is 2.17. The van der Waals surface area contributed by atoms with Crippen molar-refractivity contribution >= 4 is 11.8 Å². The molecule has 2 heterocycles. The van der Waals surface area contributed by atoms with E-state index < -0.39 is 0 Å². The number of aryl methyl sites for hydroxylation is 1. The van der Waals surface area contributed by atoms with Gasteiger partial charge in [0, 0.05) is 11.8 Å². The zero-order chi connectivity index (χ0) is 12.5. The molecule has 0 aliphatic heterocycles. The van der Waals surface area contributed by atoms with Gasteiger partial charge in [0.05, 0.1) is 5.69 Å². The van der Waals surface area contributed by atoms with Gasteiger partial charge in [-0.2, -0.15) is 9.97 Å². The molecule has 0 spiro atoms. The molecule has 1 aliphatic rings. The van der Waals surface area contributed by atoms with Crippen LogP contribution in [0.25, 0.3) is 5.82 Å². The monoisotopic (exact) mass is 245 g/mol. The van der Waals surface area contributed by atoms with Crippen molar-refractivity contribution in [1.82, 2.24) is 19.5 Å². The number of hydrazine groups is 1. The van der Waals surface area contributed by atoms with Crippen molar-refractivity contribution in [3.63, 3.8) is 0 Å². The van der Waals surface area contributed by atoms with Crippen LogP contribution in [-0.4, -0.2) is 19.5 Å². The molecule has 0 atom stereocenters. The number of aromatic nitrogens is 4. The fourth-order valence-corrected chi connectivity index (χ4v) is 2.32. The molecule has 0 bridgehead atoms. The van der Waals surface area contributed by atoms with Gasteiger partial charge < -0.3 is 11.2 Å². The molecule has 3 rings (SSSR count). The average Bonchev–Trinajstić information content (AvgIpc) is 2.81. The summed E-state index contributed by atoms with van der Waals surface area (Å²) in [5, 5.41) is 0. The minimum atomic E-state index is 0.193. The Balaban J connectivity index is 2.09. The second-order valence-corrected chi connectivity index (χ2v) is 4.33. The summed E-state index contributed by atoms with van der Waals surface area (Å²) in [5.41, 5.74) is 10.5. The van der Waals surface area contributed by atoms with E-state index in [1.807, 2.05) is 4.57 Å². The molecule has 0 aromatic carbocycles. The molecule has 0 saturated heterocycles. The van der Waals surface area contributed by atoms with E-state index >= 15 is 0 Å². The summed E-state index contributed by atoms with van der Waals surface area (Å²) < 4.78 is 1.97. The Kier molecular flexibility index (Phi) is 2.60. The minimum absolute atomic E-state index is 0.193. The normalized spacial score (nSPS) is 14.3. The van der Waals surface area contributed by atoms with Gasteiger partial charge in [-0.05, 0) is 25.7 Å². The molecular formula is C11H15N7. The van der Waals surface area contributed by atoms with E-state index in [-0.39, 0.29) is 5.95 Å². The lowest BCUT2D eigenvalue weighted by Gasteiger charge is -2.14. The number of nitrogens with two attached hydrogens (primary N) is 2. The zero-order valence-corrected chi connectivity index (χ0v) is 9.93. The first-order valence-corrected chi connectivity index (χ1v) is 5.94. The van der Waals surface area contributed by atoms with Crippen LogP contribution >= 0.6 is 0 Å². The van der Waals surface area contributed by atoms with E-state index in [2.05, 4.69) is 20.4 Å². The van der Waals surface area contributed by atoms with Gasteiger partial charge in [0.15, 0.2) is 0 Å². The maximum absolute atomic E-state index is 5.67. The van der Waals surface area contributed by atoms with Gasteiger partial charge >= 0.3 is 0 Å². The summed E-state index contributed by atoms with van der Waals surface area (Å²) in [7, 11) is 0. The van der Waals surface area contributed by atoms with Gasteiger partial charge in [-0.3, -0.25) is 4.57 Å². The van der Waals surface area contributed by atoms with Gasteiger partial charge in [0.1, 0.15) is 18.0 Å². The lowest BCUT2D eigenvalue weighted by atomic mass is 10.0. The Morgan fingerprint density at radius 2 is 2.06 bits per heavy atom. The van der Waals surface area contributed by atoms with E-state index in [1.54, 1.807) is 12.4 Å². The lowest BCUT2D eigenvalue weighted by Crippen LogP contribution is -2.13. The number of rotatable bonds is 2. The molecule has 0 radical (unpaired) electrons. The molecule has 0 fully saturated rings. The van der Waals surface area contributed by atoms with E-state index in [0.717, 1.165) is 18.5 Å². The van der Waals surface area contributed by atoms with E-state index in [0.29, 0.717) is 11.6 Å². The zero-order valence-electron chi connectivity index (χ0n) is 9.93. The van der Waals surface area contributed by atoms with Crippen molar-refractivity contribution in [2.24, 2.45) is 5.84 Å². The number of fused-ring (bicyclic) bond motifs is 1. The summed E-state index contributed by atoms with van der Waals surface area (Å²) in [6, 6.07) is 1.76. The largest absolute Gasteiger partial charge is 0.368 e. The molecule has 0 saturated carbocycles. The van der Waals surface area contributed by atoms with Gasteiger partial charge in [0.25, 0.3) is 0 Å². The number of anilines is 2. The molecule has 0 unspecified atom stereocenters. The Morgan fingerprint density at radius 3 is 2.89 bits per heavy atom. The quantitative estimate of drug-likeness (QED) is 0.522. The van der Waals surface area contributed by atoms with Crippen molar-refractivity contribution < 1.29 is 0 Å². The molecule has 18 heavy (non-hydrogen) atoms. The molecule has 94 valence electrons. The SMILES string of the molecule is NNc1cc(-n2cnc3c2CCCC3)nc(N)n1. The molecule has 7 heteroatoms. The van der Waals surface area contributed by atoms with Gasteiger partial charge in [-0.25, -0.2) is 10.8 Å². The predicted octanol–water partition coefficient (Wildman–Crippen LogP) is 0.409. The maximum Gasteiger partial charge on any atom is 0.224 e. The minimum Gasteiger partial charge on any atom is -0.368 e. The van der Waals surface area contributed by atoms with E-state index in [9.17, 15) is 0 Å². The molecule has 5 N–H and O–H groups in total. The third kappa shape index (κ3) is 1.78. The van der Waals surface area contributed by atoms with Gasteiger partial charge in [-0.15, -0.1) is 0 Å². The smallest absolute Gasteiger partial charge is 0.224 e. The molecular weight excluding hydrogens is 230 g/mol. The number of hydrogen-bond acceptors (Lipinski definition) is 6. The topological polar surface area (TPSA) is 108 Å². The second-order valence-electron chi connectivity index (χ2n) is 4.33. The van der Waals surface area contributed by atoms with Crippen LogP contribution in [0.3, 0.4) is 0 Å². The summed E-state index contributed by atoms with van der Waals surface area (Å²) >= 11 is 0. The van der Waals surface area contributed by atoms with Gasteiger partial charge in [-0.1, -0.05) is 0 Å². The fraction of sp³-hybridized carbons (Fsp3) is 0.364. The lowest BCUT2D eigenvalue weighted by molar-refractivity contribution is 0.654. The Bertz CT molecular complexity index is 575. The van der Waals surface area contributed by atoms with Gasteiger partial charge in [0.2, 0.25) is 5.95 Å². The number of nitrogens with one attached hydrogen (secondary N) is 1. The number of nitrogens with zero attached hydrogens (tertiary/aromatic N) is 4. The van der Waals surface area contributed by atoms with Crippen molar-refractivity contribution in [1.29, 1.82) is 0 Å². The van der Waals surface area contributed by atoms with E-state index in [4.69, 9.17) is 11.6 Å². The first kappa shape index (κ1) is 11.0. The highest BCUT2D eigenvalue weighted by molar-refractivity contribution is 5.46. The predicted molar refractivity (Wildman–Crippen MR) is 68.0 cm³/mol. The number of imidazole rings is 1. The standard InChI is InChI=1S/C11H15N7/c12-11-15-9(17-13)5-10(16-11)18-6-14-7-3-1-2-4-8(7)18/h5-6H,1-4,13H2,(H3,12,15,16,17). The van der Waals surface area contributed by atoms with Crippen LogP contribution in [-0.2, 0) is 12.8 Å². The van der Waals surface area contributed by atoms with Crippen molar-refractivity contribution in [3.8, 4) is 5.82 Å². The Hall–Kier alpha value is -2.15. The average molecular weight is 245 g/mol. The van der Waals surface area contributed by atoms with Crippen LogP contribution in [0.15, 0.2) is 12.4 Å². The molecule has 2 aromatic heterocycles. The van der Waals surface area contributed by atoms with Crippen LogP contribution in [0, 0.1) is 0 Å². The summed E-state index contributed by atoms with van der Waals surface area (Å²) in [5.74, 6) is 6.75.